The van der Waals surface area contributed by atoms with Crippen LogP contribution in [0.4, 0.5) is 4.39 Å². The quantitative estimate of drug-likeness (QED) is 0.400. The number of carboxylic acid groups (broad SMARTS) is 1. The van der Waals surface area contributed by atoms with Crippen LogP contribution in [0.5, 0.6) is 0 Å². The largest absolute Gasteiger partial charge is 1.00 e. The number of carbonyl (C=O) groups excluding carboxylic acids is 1. The molecule has 0 N–H and O–H groups in total. The molecule has 76 valence electrons. The third kappa shape index (κ3) is 4.83. The summed E-state index contributed by atoms with van der Waals surface area (Å²) in [6, 6.07) is 1.38. The third-order valence-corrected chi connectivity index (χ3v) is 3.20. The summed E-state index contributed by atoms with van der Waals surface area (Å²) in [4.78, 5) is 9.99. The van der Waals surface area contributed by atoms with Gasteiger partial charge in [0.2, 0.25) is 0 Å². The summed E-state index contributed by atoms with van der Waals surface area (Å²) in [6.07, 6.45) is 0. The molecule has 0 aliphatic rings. The van der Waals surface area contributed by atoms with E-state index in [0.29, 0.717) is 12.1 Å². The maximum Gasteiger partial charge on any atom is 1.00 e. The zero-order chi connectivity index (χ0) is 10.9. The summed E-state index contributed by atoms with van der Waals surface area (Å²) in [6.45, 7) is 0. The Labute approximate surface area is 146 Å². The smallest absolute Gasteiger partial charge is 0.768 e. The Balaban J connectivity index is 0. The summed E-state index contributed by atoms with van der Waals surface area (Å²) >= 11 is 0.0304. The first kappa shape index (κ1) is 19.5. The Morgan fingerprint density at radius 2 is 1.88 bits per heavy atom. The molecule has 0 aliphatic carbocycles. The summed E-state index contributed by atoms with van der Waals surface area (Å²) in [7, 11) is 0. The van der Waals surface area contributed by atoms with Crippen molar-refractivity contribution >= 4 is 33.0 Å². The van der Waals surface area contributed by atoms with E-state index in [4.69, 9.17) is 0 Å². The fourth-order valence-electron chi connectivity index (χ4n) is 0.834. The molecule has 0 radical (unpaired) electrons. The van der Waals surface area contributed by atoms with Crippen molar-refractivity contribution in [3.63, 3.8) is 0 Å². The minimum atomic E-state index is -2.71. The second-order valence-electron chi connectivity index (χ2n) is 2.29. The summed E-state index contributed by atoms with van der Waals surface area (Å²) in [5.41, 5.74) is -0.538. The van der Waals surface area contributed by atoms with Gasteiger partial charge in [0.15, 0.2) is 0 Å². The normalized spacial score (nSPS) is 10.9. The van der Waals surface area contributed by atoms with Gasteiger partial charge in [0.05, 0.1) is 5.97 Å². The zero-order valence-corrected chi connectivity index (χ0v) is 14.9. The maximum absolute atomic E-state index is 12.7. The van der Waals surface area contributed by atoms with Crippen LogP contribution in [0.1, 0.15) is 10.4 Å². The molecular weight excluding hydrogens is 325 g/mol. The van der Waals surface area contributed by atoms with Crippen molar-refractivity contribution in [3.05, 3.63) is 28.0 Å². The first-order chi connectivity index (χ1) is 6.43. The molecule has 1 atom stereocenters. The number of rotatable bonds is 2. The summed E-state index contributed by atoms with van der Waals surface area (Å²) in [5, 5.41) is 10.4. The molecular formula is C7H2BrFNa2O4S. The topological polar surface area (TPSA) is 80.3 Å². The number of hydrogen-bond acceptors (Lipinski definition) is 4. The number of aromatic carboxylic acids is 1. The van der Waals surface area contributed by atoms with Gasteiger partial charge in [-0.05, 0) is 39.1 Å². The third-order valence-electron chi connectivity index (χ3n) is 1.40. The molecule has 0 fully saturated rings. The number of carbonyl (C=O) groups is 1. The number of halogens is 2. The first-order valence-electron chi connectivity index (χ1n) is 3.23. The van der Waals surface area contributed by atoms with Crippen LogP contribution in [0, 0.1) is 5.82 Å². The molecule has 9 heteroatoms. The van der Waals surface area contributed by atoms with E-state index >= 15 is 0 Å². The Bertz CT molecular complexity index is 394. The molecule has 0 saturated carbocycles. The van der Waals surface area contributed by atoms with E-state index in [-0.39, 0.29) is 63.6 Å². The second kappa shape index (κ2) is 8.34. The van der Waals surface area contributed by atoms with Gasteiger partial charge in [0.25, 0.3) is 0 Å². The van der Waals surface area contributed by atoms with Crippen LogP contribution in [-0.2, 0) is 11.1 Å². The van der Waals surface area contributed by atoms with Gasteiger partial charge in [-0.15, -0.1) is 0 Å². The molecule has 0 spiro atoms. The molecule has 1 aromatic carbocycles. The summed E-state index contributed by atoms with van der Waals surface area (Å²) in [5.74, 6) is -2.60. The SMILES string of the molecule is O=C([O-])c1cc(F)cc(S(=O)[O-])c1Br.[Na+].[Na+]. The number of hydrogen-bond donors (Lipinski definition) is 0. The average molecular weight is 327 g/mol. The van der Waals surface area contributed by atoms with Gasteiger partial charge in [-0.2, -0.15) is 0 Å². The first-order valence-corrected chi connectivity index (χ1v) is 5.10. The van der Waals surface area contributed by atoms with Crippen molar-refractivity contribution in [1.29, 1.82) is 0 Å². The molecule has 0 bridgehead atoms. The fourth-order valence-corrected chi connectivity index (χ4v) is 2.09. The molecule has 0 aromatic heterocycles. The van der Waals surface area contributed by atoms with Crippen molar-refractivity contribution in [2.45, 2.75) is 4.90 Å². The van der Waals surface area contributed by atoms with Gasteiger partial charge >= 0.3 is 59.1 Å². The molecule has 16 heavy (non-hydrogen) atoms. The van der Waals surface area contributed by atoms with Gasteiger partial charge < -0.3 is 14.5 Å². The number of benzene rings is 1. The van der Waals surface area contributed by atoms with E-state index in [1.165, 1.54) is 0 Å². The Kier molecular flexibility index (Phi) is 10.2. The minimum Gasteiger partial charge on any atom is -0.768 e. The minimum absolute atomic E-state index is 0. The van der Waals surface area contributed by atoms with Gasteiger partial charge in [-0.1, -0.05) is 0 Å². The fraction of sp³-hybridized carbons (Fsp3) is 0. The van der Waals surface area contributed by atoms with Crippen LogP contribution in [0.25, 0.3) is 0 Å². The van der Waals surface area contributed by atoms with Crippen LogP contribution < -0.4 is 64.2 Å². The van der Waals surface area contributed by atoms with Crippen molar-refractivity contribution in [2.24, 2.45) is 0 Å². The predicted molar refractivity (Wildman–Crippen MR) is 45.6 cm³/mol. The van der Waals surface area contributed by atoms with Gasteiger partial charge in [0, 0.05) is 14.9 Å². The molecule has 0 heterocycles. The average Bonchev–Trinajstić information content (AvgIpc) is 2.07. The Hall–Kier alpha value is 1.21. The van der Waals surface area contributed by atoms with Crippen molar-refractivity contribution < 1.29 is 82.2 Å². The monoisotopic (exact) mass is 326 g/mol. The summed E-state index contributed by atoms with van der Waals surface area (Å²) < 4.78 is 33.6. The van der Waals surface area contributed by atoms with Crippen LogP contribution in [0.2, 0.25) is 0 Å². The van der Waals surface area contributed by atoms with E-state index in [0.717, 1.165) is 0 Å². The van der Waals surface area contributed by atoms with Crippen molar-refractivity contribution in [3.8, 4) is 0 Å². The molecule has 1 rings (SSSR count). The van der Waals surface area contributed by atoms with E-state index in [1.807, 2.05) is 0 Å². The van der Waals surface area contributed by atoms with Crippen LogP contribution in [0.15, 0.2) is 21.5 Å². The molecule has 4 nitrogen and oxygen atoms in total. The predicted octanol–water partition coefficient (Wildman–Crippen LogP) is -5.80. The van der Waals surface area contributed by atoms with Gasteiger partial charge in [-0.3, -0.25) is 4.21 Å². The van der Waals surface area contributed by atoms with Crippen LogP contribution in [-0.4, -0.2) is 14.7 Å². The maximum atomic E-state index is 12.7. The van der Waals surface area contributed by atoms with Gasteiger partial charge in [0.1, 0.15) is 5.82 Å². The molecule has 1 unspecified atom stereocenters. The zero-order valence-electron chi connectivity index (χ0n) is 8.45. The Morgan fingerprint density at radius 1 is 1.38 bits per heavy atom. The van der Waals surface area contributed by atoms with Crippen LogP contribution >= 0.6 is 15.9 Å². The molecule has 0 amide bonds. The van der Waals surface area contributed by atoms with Crippen molar-refractivity contribution in [2.75, 3.05) is 0 Å². The van der Waals surface area contributed by atoms with Crippen molar-refractivity contribution in [1.82, 2.24) is 0 Å². The van der Waals surface area contributed by atoms with E-state index in [1.54, 1.807) is 0 Å². The van der Waals surface area contributed by atoms with E-state index in [2.05, 4.69) is 15.9 Å². The van der Waals surface area contributed by atoms with E-state index < -0.39 is 33.3 Å². The molecule has 1 aromatic rings. The second-order valence-corrected chi connectivity index (χ2v) is 3.99. The standard InChI is InChI=1S/C7H4BrFO4S.2Na/c8-6-4(7(10)11)1-3(9)2-5(6)14(12)13;;/h1-2H,(H,10,11)(H,12,13);;/q;2*+1/p-2. The Morgan fingerprint density at radius 3 is 2.25 bits per heavy atom. The van der Waals surface area contributed by atoms with Crippen LogP contribution in [0.3, 0.4) is 0 Å². The number of carboxylic acids is 1. The van der Waals surface area contributed by atoms with E-state index in [9.17, 15) is 23.1 Å². The molecule has 0 saturated heterocycles. The van der Waals surface area contributed by atoms with Gasteiger partial charge in [-0.25, -0.2) is 4.39 Å². The molecule has 0 aliphatic heterocycles.